The molecular weight excluding hydrogens is 222 g/mol. The highest BCUT2D eigenvalue weighted by Gasteiger charge is 2.02. The molecule has 3 rings (SSSR count). The van der Waals surface area contributed by atoms with Gasteiger partial charge in [0.1, 0.15) is 5.75 Å². The maximum atomic E-state index is 5.18. The molecular formula is C16H15NO. The summed E-state index contributed by atoms with van der Waals surface area (Å²) in [7, 11) is 3.76. The number of hydrogen-bond acceptors (Lipinski definition) is 1. The summed E-state index contributed by atoms with van der Waals surface area (Å²) in [5, 5.41) is 1.27. The first-order valence-corrected chi connectivity index (χ1v) is 5.97. The predicted octanol–water partition coefficient (Wildman–Crippen LogP) is 3.85. The fourth-order valence-corrected chi connectivity index (χ4v) is 2.23. The molecule has 0 amide bonds. The molecule has 0 aliphatic heterocycles. The van der Waals surface area contributed by atoms with Crippen molar-refractivity contribution in [1.82, 2.24) is 4.57 Å². The van der Waals surface area contributed by atoms with Crippen molar-refractivity contribution < 1.29 is 4.74 Å². The molecule has 3 aromatic rings. The van der Waals surface area contributed by atoms with E-state index in [1.54, 1.807) is 7.11 Å². The third kappa shape index (κ3) is 1.76. The highest BCUT2D eigenvalue weighted by molar-refractivity contribution is 5.85. The van der Waals surface area contributed by atoms with Crippen LogP contribution in [0, 0.1) is 0 Å². The van der Waals surface area contributed by atoms with E-state index in [1.807, 2.05) is 12.1 Å². The normalized spacial score (nSPS) is 10.8. The van der Waals surface area contributed by atoms with Crippen LogP contribution in [0.15, 0.2) is 54.7 Å². The molecule has 0 fully saturated rings. The molecule has 2 nitrogen and oxygen atoms in total. The molecule has 0 N–H and O–H groups in total. The van der Waals surface area contributed by atoms with Gasteiger partial charge in [0.2, 0.25) is 0 Å². The van der Waals surface area contributed by atoms with Crippen LogP contribution in [-0.4, -0.2) is 11.7 Å². The minimum absolute atomic E-state index is 0.888. The zero-order valence-corrected chi connectivity index (χ0v) is 10.6. The third-order valence-corrected chi connectivity index (χ3v) is 3.31. The van der Waals surface area contributed by atoms with Gasteiger partial charge in [0.05, 0.1) is 7.11 Å². The Morgan fingerprint density at radius 3 is 2.33 bits per heavy atom. The van der Waals surface area contributed by atoms with E-state index in [2.05, 4.69) is 54.2 Å². The maximum absolute atomic E-state index is 5.18. The number of methoxy groups -OCH3 is 1. The zero-order chi connectivity index (χ0) is 12.5. The number of hydrogen-bond donors (Lipinski definition) is 0. The molecule has 0 unspecified atom stereocenters. The molecule has 0 aliphatic carbocycles. The maximum Gasteiger partial charge on any atom is 0.118 e. The van der Waals surface area contributed by atoms with Crippen molar-refractivity contribution >= 4 is 10.9 Å². The lowest BCUT2D eigenvalue weighted by atomic mass is 10.0. The number of aryl methyl sites for hydroxylation is 1. The van der Waals surface area contributed by atoms with Crippen LogP contribution in [0.3, 0.4) is 0 Å². The minimum Gasteiger partial charge on any atom is -0.497 e. The van der Waals surface area contributed by atoms with Gasteiger partial charge < -0.3 is 9.30 Å². The van der Waals surface area contributed by atoms with E-state index in [0.29, 0.717) is 0 Å². The van der Waals surface area contributed by atoms with Crippen LogP contribution in [0.1, 0.15) is 0 Å². The van der Waals surface area contributed by atoms with Crippen LogP contribution in [0.2, 0.25) is 0 Å². The van der Waals surface area contributed by atoms with Gasteiger partial charge in [0.25, 0.3) is 0 Å². The van der Waals surface area contributed by atoms with Crippen molar-refractivity contribution in [3.63, 3.8) is 0 Å². The first-order chi connectivity index (χ1) is 8.78. The fraction of sp³-hybridized carbons (Fsp3) is 0.125. The molecule has 2 aromatic carbocycles. The highest BCUT2D eigenvalue weighted by atomic mass is 16.5. The summed E-state index contributed by atoms with van der Waals surface area (Å²) in [6, 6.07) is 16.8. The first-order valence-electron chi connectivity index (χ1n) is 5.97. The highest BCUT2D eigenvalue weighted by Crippen LogP contribution is 2.26. The Morgan fingerprint density at radius 2 is 1.61 bits per heavy atom. The van der Waals surface area contributed by atoms with Gasteiger partial charge in [-0.15, -0.1) is 0 Å². The number of ether oxygens (including phenoxy) is 1. The summed E-state index contributed by atoms with van der Waals surface area (Å²) in [6.45, 7) is 0. The average molecular weight is 237 g/mol. The van der Waals surface area contributed by atoms with E-state index in [1.165, 1.54) is 22.0 Å². The van der Waals surface area contributed by atoms with Crippen LogP contribution in [0.4, 0.5) is 0 Å². The van der Waals surface area contributed by atoms with Gasteiger partial charge in [-0.1, -0.05) is 24.3 Å². The van der Waals surface area contributed by atoms with Gasteiger partial charge >= 0.3 is 0 Å². The Balaban J connectivity index is 2.09. The Labute approximate surface area is 106 Å². The number of nitrogens with zero attached hydrogens (tertiary/aromatic N) is 1. The topological polar surface area (TPSA) is 14.2 Å². The van der Waals surface area contributed by atoms with Gasteiger partial charge in [-0.3, -0.25) is 0 Å². The fourth-order valence-electron chi connectivity index (χ4n) is 2.23. The monoisotopic (exact) mass is 237 g/mol. The Kier molecular flexibility index (Phi) is 2.56. The zero-order valence-electron chi connectivity index (χ0n) is 10.6. The van der Waals surface area contributed by atoms with Gasteiger partial charge in [-0.2, -0.15) is 0 Å². The van der Waals surface area contributed by atoms with Crippen LogP contribution in [0.5, 0.6) is 5.75 Å². The second-order valence-corrected chi connectivity index (χ2v) is 4.43. The lowest BCUT2D eigenvalue weighted by molar-refractivity contribution is 0.415. The van der Waals surface area contributed by atoms with Crippen LogP contribution in [-0.2, 0) is 7.05 Å². The molecule has 0 aliphatic rings. The second-order valence-electron chi connectivity index (χ2n) is 4.43. The van der Waals surface area contributed by atoms with Gasteiger partial charge in [0, 0.05) is 18.8 Å². The number of aromatic nitrogens is 1. The van der Waals surface area contributed by atoms with E-state index < -0.39 is 0 Å². The quantitative estimate of drug-likeness (QED) is 0.660. The molecule has 18 heavy (non-hydrogen) atoms. The lowest BCUT2D eigenvalue weighted by Gasteiger charge is -2.05. The van der Waals surface area contributed by atoms with E-state index in [0.717, 1.165) is 5.75 Å². The van der Waals surface area contributed by atoms with Crippen LogP contribution in [0.25, 0.3) is 22.0 Å². The molecule has 0 atom stereocenters. The summed E-state index contributed by atoms with van der Waals surface area (Å²) in [6.07, 6.45) is 2.09. The summed E-state index contributed by atoms with van der Waals surface area (Å²) in [4.78, 5) is 0. The number of benzene rings is 2. The van der Waals surface area contributed by atoms with Crippen molar-refractivity contribution in [1.29, 1.82) is 0 Å². The largest absolute Gasteiger partial charge is 0.497 e. The average Bonchev–Trinajstić information content (AvgIpc) is 2.80. The molecule has 0 saturated carbocycles. The number of fused-ring (bicyclic) bond motifs is 1. The van der Waals surface area contributed by atoms with Gasteiger partial charge in [0.15, 0.2) is 0 Å². The number of rotatable bonds is 2. The van der Waals surface area contributed by atoms with Crippen LogP contribution >= 0.6 is 0 Å². The first kappa shape index (κ1) is 10.9. The van der Waals surface area contributed by atoms with E-state index in [9.17, 15) is 0 Å². The third-order valence-electron chi connectivity index (χ3n) is 3.31. The molecule has 90 valence electrons. The molecule has 0 spiro atoms. The summed E-state index contributed by atoms with van der Waals surface area (Å²) >= 11 is 0. The van der Waals surface area contributed by atoms with Crippen molar-refractivity contribution in [3.05, 3.63) is 54.7 Å². The van der Waals surface area contributed by atoms with Gasteiger partial charge in [-0.25, -0.2) is 0 Å². The summed E-state index contributed by atoms with van der Waals surface area (Å²) < 4.78 is 7.32. The van der Waals surface area contributed by atoms with Crippen molar-refractivity contribution in [3.8, 4) is 16.9 Å². The lowest BCUT2D eigenvalue weighted by Crippen LogP contribution is -1.85. The minimum atomic E-state index is 0.888. The van der Waals surface area contributed by atoms with E-state index >= 15 is 0 Å². The summed E-state index contributed by atoms with van der Waals surface area (Å²) in [5.74, 6) is 0.888. The van der Waals surface area contributed by atoms with E-state index in [4.69, 9.17) is 4.74 Å². The Hall–Kier alpha value is -2.22. The molecule has 1 heterocycles. The predicted molar refractivity (Wildman–Crippen MR) is 74.9 cm³/mol. The van der Waals surface area contributed by atoms with E-state index in [-0.39, 0.29) is 0 Å². The molecule has 0 bridgehead atoms. The van der Waals surface area contributed by atoms with Crippen molar-refractivity contribution in [2.45, 2.75) is 0 Å². The SMILES string of the molecule is COc1ccc(-c2ccc3ccn(C)c3c2)cc1. The Bertz CT molecular complexity index is 680. The Morgan fingerprint density at radius 1 is 0.889 bits per heavy atom. The van der Waals surface area contributed by atoms with Crippen molar-refractivity contribution in [2.75, 3.05) is 7.11 Å². The standard InChI is InChI=1S/C16H15NO/c1-17-10-9-13-3-4-14(11-16(13)17)12-5-7-15(18-2)8-6-12/h3-11H,1-2H3. The molecule has 0 saturated heterocycles. The molecule has 1 aromatic heterocycles. The smallest absolute Gasteiger partial charge is 0.118 e. The molecule has 0 radical (unpaired) electrons. The van der Waals surface area contributed by atoms with Gasteiger partial charge in [-0.05, 0) is 40.8 Å². The second kappa shape index (κ2) is 4.22. The van der Waals surface area contributed by atoms with Crippen molar-refractivity contribution in [2.24, 2.45) is 7.05 Å². The van der Waals surface area contributed by atoms with Crippen LogP contribution < -0.4 is 4.74 Å². The summed E-state index contributed by atoms with van der Waals surface area (Å²) in [5.41, 5.74) is 3.69. The molecule has 2 heteroatoms.